The minimum atomic E-state index is -0.464. The number of amides is 1. The average molecular weight is 318 g/mol. The highest BCUT2D eigenvalue weighted by atomic mass is 32.2. The molecule has 0 saturated carbocycles. The van der Waals surface area contributed by atoms with Crippen molar-refractivity contribution in [2.45, 2.75) is 18.6 Å². The molecule has 3 N–H and O–H groups in total. The van der Waals surface area contributed by atoms with Gasteiger partial charge in [-0.1, -0.05) is 11.8 Å². The van der Waals surface area contributed by atoms with Gasteiger partial charge in [0.25, 0.3) is 5.56 Å². The van der Waals surface area contributed by atoms with Gasteiger partial charge in [-0.05, 0) is 25.1 Å². The molecule has 0 aromatic carbocycles. The monoisotopic (exact) mass is 318 g/mol. The highest BCUT2D eigenvalue weighted by Gasteiger charge is 2.15. The van der Waals surface area contributed by atoms with Crippen LogP contribution in [0.15, 0.2) is 38.8 Å². The number of nitrogens with one attached hydrogen (secondary N) is 1. The van der Waals surface area contributed by atoms with Gasteiger partial charge >= 0.3 is 0 Å². The molecule has 3 aromatic heterocycles. The van der Waals surface area contributed by atoms with Crippen molar-refractivity contribution in [1.82, 2.24) is 14.5 Å². The molecular formula is C14H14N4O3S. The summed E-state index contributed by atoms with van der Waals surface area (Å²) in [6, 6.07) is 5.32. The number of fused-ring (bicyclic) bond motifs is 1. The Labute approximate surface area is 129 Å². The first-order chi connectivity index (χ1) is 10.5. The van der Waals surface area contributed by atoms with Gasteiger partial charge in [0.05, 0.1) is 24.1 Å². The fourth-order valence-corrected chi connectivity index (χ4v) is 2.89. The van der Waals surface area contributed by atoms with Gasteiger partial charge in [-0.2, -0.15) is 0 Å². The molecule has 3 aromatic rings. The number of thioether (sulfide) groups is 1. The summed E-state index contributed by atoms with van der Waals surface area (Å²) in [5.41, 5.74) is 6.83. The molecule has 0 aliphatic rings. The van der Waals surface area contributed by atoms with E-state index in [9.17, 15) is 9.59 Å². The van der Waals surface area contributed by atoms with E-state index in [2.05, 4.69) is 9.97 Å². The summed E-state index contributed by atoms with van der Waals surface area (Å²) < 4.78 is 6.77. The number of carbonyl (C=O) groups is 1. The lowest BCUT2D eigenvalue weighted by atomic mass is 10.4. The van der Waals surface area contributed by atoms with Crippen LogP contribution in [0.3, 0.4) is 0 Å². The molecule has 0 fully saturated rings. The van der Waals surface area contributed by atoms with Gasteiger partial charge in [0, 0.05) is 5.69 Å². The van der Waals surface area contributed by atoms with Gasteiger partial charge in [-0.25, -0.2) is 4.98 Å². The van der Waals surface area contributed by atoms with Crippen molar-refractivity contribution >= 4 is 28.7 Å². The van der Waals surface area contributed by atoms with Crippen molar-refractivity contribution in [3.63, 3.8) is 0 Å². The van der Waals surface area contributed by atoms with E-state index >= 15 is 0 Å². The molecule has 8 heteroatoms. The number of carbonyl (C=O) groups excluding carboxylic acids is 1. The summed E-state index contributed by atoms with van der Waals surface area (Å²) in [5, 5.41) is 0.437. The van der Waals surface area contributed by atoms with Gasteiger partial charge in [-0.15, -0.1) is 0 Å². The van der Waals surface area contributed by atoms with Crippen molar-refractivity contribution in [2.24, 2.45) is 5.73 Å². The lowest BCUT2D eigenvalue weighted by molar-refractivity contribution is -0.115. The number of furan rings is 1. The topological polar surface area (TPSA) is 107 Å². The number of nitrogens with zero attached hydrogens (tertiary/aromatic N) is 2. The second-order valence-electron chi connectivity index (χ2n) is 4.83. The lowest BCUT2D eigenvalue weighted by Gasteiger charge is -2.09. The fourth-order valence-electron chi connectivity index (χ4n) is 2.15. The fraction of sp³-hybridized carbons (Fsp3) is 0.214. The van der Waals surface area contributed by atoms with E-state index in [0.29, 0.717) is 22.0 Å². The lowest BCUT2D eigenvalue weighted by Crippen LogP contribution is -2.24. The predicted molar refractivity (Wildman–Crippen MR) is 82.8 cm³/mol. The zero-order chi connectivity index (χ0) is 15.7. The molecule has 0 bridgehead atoms. The summed E-state index contributed by atoms with van der Waals surface area (Å²) in [5.74, 6) is 0.223. The molecule has 0 atom stereocenters. The quantitative estimate of drug-likeness (QED) is 0.544. The van der Waals surface area contributed by atoms with Crippen LogP contribution >= 0.6 is 11.8 Å². The van der Waals surface area contributed by atoms with Crippen LogP contribution in [0.4, 0.5) is 0 Å². The Balaban J connectivity index is 2.11. The largest absolute Gasteiger partial charge is 0.467 e. The van der Waals surface area contributed by atoms with Crippen molar-refractivity contribution in [3.8, 4) is 0 Å². The van der Waals surface area contributed by atoms with Crippen LogP contribution in [0, 0.1) is 6.92 Å². The molecule has 0 aliphatic carbocycles. The first kappa shape index (κ1) is 14.5. The standard InChI is InChI=1S/C14H14N4O3S/c1-8-5-10-12(16-8)13(20)18(6-9-3-2-4-21-9)14(17-10)22-7-11(15)19/h2-5,16H,6-7H2,1H3,(H2,15,19). The Morgan fingerprint density at radius 3 is 3.05 bits per heavy atom. The number of rotatable bonds is 5. The van der Waals surface area contributed by atoms with Crippen molar-refractivity contribution in [2.75, 3.05) is 5.75 Å². The molecule has 0 aliphatic heterocycles. The minimum absolute atomic E-state index is 0.0551. The summed E-state index contributed by atoms with van der Waals surface area (Å²) in [7, 11) is 0. The smallest absolute Gasteiger partial charge is 0.278 e. The summed E-state index contributed by atoms with van der Waals surface area (Å²) in [4.78, 5) is 31.1. The number of hydrogen-bond acceptors (Lipinski definition) is 5. The number of hydrogen-bond donors (Lipinski definition) is 2. The molecule has 3 heterocycles. The molecule has 0 saturated heterocycles. The molecule has 0 spiro atoms. The van der Waals surface area contributed by atoms with E-state index in [0.717, 1.165) is 17.5 Å². The maximum atomic E-state index is 12.7. The van der Waals surface area contributed by atoms with E-state index in [1.807, 2.05) is 6.92 Å². The number of aromatic nitrogens is 3. The van der Waals surface area contributed by atoms with Gasteiger partial charge in [0.15, 0.2) is 5.16 Å². The predicted octanol–water partition coefficient (Wildman–Crippen LogP) is 1.25. The third kappa shape index (κ3) is 2.77. The van der Waals surface area contributed by atoms with Crippen LogP contribution in [-0.2, 0) is 11.3 Å². The maximum Gasteiger partial charge on any atom is 0.278 e. The normalized spacial score (nSPS) is 11.1. The van der Waals surface area contributed by atoms with E-state index < -0.39 is 5.91 Å². The zero-order valence-electron chi connectivity index (χ0n) is 11.8. The second kappa shape index (κ2) is 5.72. The van der Waals surface area contributed by atoms with E-state index in [-0.39, 0.29) is 17.9 Å². The van der Waals surface area contributed by atoms with Crippen LogP contribution < -0.4 is 11.3 Å². The Kier molecular flexibility index (Phi) is 3.76. The Bertz CT molecular complexity index is 880. The minimum Gasteiger partial charge on any atom is -0.467 e. The van der Waals surface area contributed by atoms with Gasteiger partial charge in [-0.3, -0.25) is 14.2 Å². The number of aryl methyl sites for hydroxylation is 1. The molecule has 0 radical (unpaired) electrons. The summed E-state index contributed by atoms with van der Waals surface area (Å²) in [6.45, 7) is 2.10. The first-order valence-electron chi connectivity index (χ1n) is 6.58. The number of nitrogens with two attached hydrogens (primary N) is 1. The van der Waals surface area contributed by atoms with Crippen LogP contribution in [-0.4, -0.2) is 26.2 Å². The van der Waals surface area contributed by atoms with Crippen molar-refractivity contribution < 1.29 is 9.21 Å². The SMILES string of the molecule is Cc1cc2nc(SCC(N)=O)n(Cc3ccco3)c(=O)c2[nH]1. The maximum absolute atomic E-state index is 12.7. The first-order valence-corrected chi connectivity index (χ1v) is 7.57. The summed E-state index contributed by atoms with van der Waals surface area (Å²) >= 11 is 1.14. The van der Waals surface area contributed by atoms with Crippen LogP contribution in [0.2, 0.25) is 0 Å². The van der Waals surface area contributed by atoms with Crippen molar-refractivity contribution in [3.05, 3.63) is 46.3 Å². The van der Waals surface area contributed by atoms with Crippen molar-refractivity contribution in [1.29, 1.82) is 0 Å². The third-order valence-electron chi connectivity index (χ3n) is 3.08. The molecular weight excluding hydrogens is 304 g/mol. The Hall–Kier alpha value is -2.48. The van der Waals surface area contributed by atoms with Gasteiger partial charge in [0.1, 0.15) is 11.3 Å². The molecule has 114 valence electrons. The molecule has 7 nitrogen and oxygen atoms in total. The Morgan fingerprint density at radius 1 is 1.55 bits per heavy atom. The number of primary amides is 1. The molecule has 0 unspecified atom stereocenters. The Morgan fingerprint density at radius 2 is 2.36 bits per heavy atom. The van der Waals surface area contributed by atoms with Gasteiger partial charge < -0.3 is 15.1 Å². The molecule has 22 heavy (non-hydrogen) atoms. The van der Waals surface area contributed by atoms with Crippen LogP contribution in [0.5, 0.6) is 0 Å². The zero-order valence-corrected chi connectivity index (χ0v) is 12.6. The number of aromatic amines is 1. The highest BCUT2D eigenvalue weighted by Crippen LogP contribution is 2.19. The van der Waals surface area contributed by atoms with E-state index in [4.69, 9.17) is 10.2 Å². The number of H-pyrrole nitrogens is 1. The van der Waals surface area contributed by atoms with Crippen LogP contribution in [0.1, 0.15) is 11.5 Å². The van der Waals surface area contributed by atoms with Crippen LogP contribution in [0.25, 0.3) is 11.0 Å². The van der Waals surface area contributed by atoms with E-state index in [1.165, 1.54) is 4.57 Å². The van der Waals surface area contributed by atoms with E-state index in [1.54, 1.807) is 24.5 Å². The highest BCUT2D eigenvalue weighted by molar-refractivity contribution is 7.99. The second-order valence-corrected chi connectivity index (χ2v) is 5.78. The summed E-state index contributed by atoms with van der Waals surface area (Å²) in [6.07, 6.45) is 1.54. The molecule has 1 amide bonds. The average Bonchev–Trinajstić information content (AvgIpc) is 3.09. The third-order valence-corrected chi connectivity index (χ3v) is 4.07. The van der Waals surface area contributed by atoms with Gasteiger partial charge in [0.2, 0.25) is 5.91 Å². The molecule has 3 rings (SSSR count).